The third kappa shape index (κ3) is 3.65. The Morgan fingerprint density at radius 1 is 1.12 bits per heavy atom. The highest BCUT2D eigenvalue weighted by molar-refractivity contribution is 6.30. The molecule has 0 spiro atoms. The number of fused-ring (bicyclic) bond motifs is 1. The van der Waals surface area contributed by atoms with E-state index in [2.05, 4.69) is 16.4 Å². The maximum atomic E-state index is 13.9. The molecule has 1 atom stereocenters. The van der Waals surface area contributed by atoms with Crippen LogP contribution in [0.25, 0.3) is 10.9 Å². The van der Waals surface area contributed by atoms with E-state index in [0.717, 1.165) is 28.1 Å². The van der Waals surface area contributed by atoms with Crippen molar-refractivity contribution in [3.63, 3.8) is 0 Å². The second-order valence-corrected chi connectivity index (χ2v) is 6.64. The Morgan fingerprint density at radius 3 is 2.60 bits per heavy atom. The molecule has 0 saturated heterocycles. The van der Waals surface area contributed by atoms with E-state index < -0.39 is 11.6 Å². The van der Waals surface area contributed by atoms with Gasteiger partial charge in [0.15, 0.2) is 0 Å². The lowest BCUT2D eigenvalue weighted by Crippen LogP contribution is -2.19. The van der Waals surface area contributed by atoms with Gasteiger partial charge < -0.3 is 5.32 Å². The molecule has 1 heterocycles. The summed E-state index contributed by atoms with van der Waals surface area (Å²) in [5.74, 6) is -1.14. The summed E-state index contributed by atoms with van der Waals surface area (Å²) in [6.45, 7) is 6.33. The molecule has 2 aromatic carbocycles. The normalized spacial score (nSPS) is 12.6. The lowest BCUT2D eigenvalue weighted by Gasteiger charge is -2.16. The lowest BCUT2D eigenvalue weighted by molar-refractivity contribution is 0.517. The van der Waals surface area contributed by atoms with Crippen molar-refractivity contribution in [3.05, 3.63) is 75.4 Å². The van der Waals surface area contributed by atoms with E-state index in [1.54, 1.807) is 0 Å². The monoisotopic (exact) mass is 360 g/mol. The van der Waals surface area contributed by atoms with Crippen LogP contribution in [-0.4, -0.2) is 4.98 Å². The van der Waals surface area contributed by atoms with Gasteiger partial charge in [0.1, 0.15) is 16.8 Å². The maximum Gasteiger partial charge on any atom is 0.134 e. The van der Waals surface area contributed by atoms with Crippen LogP contribution >= 0.6 is 11.6 Å². The topological polar surface area (TPSA) is 24.9 Å². The molecule has 130 valence electrons. The van der Waals surface area contributed by atoms with Crippen molar-refractivity contribution >= 4 is 22.5 Å². The van der Waals surface area contributed by atoms with Gasteiger partial charge in [0.2, 0.25) is 0 Å². The summed E-state index contributed by atoms with van der Waals surface area (Å²) in [5.41, 5.74) is 4.43. The van der Waals surface area contributed by atoms with Gasteiger partial charge in [0.05, 0.1) is 5.52 Å². The summed E-state index contributed by atoms with van der Waals surface area (Å²) < 4.78 is 26.9. The highest BCUT2D eigenvalue weighted by Gasteiger charge is 2.13. The van der Waals surface area contributed by atoms with Crippen molar-refractivity contribution in [1.29, 1.82) is 0 Å². The van der Waals surface area contributed by atoms with Gasteiger partial charge >= 0.3 is 0 Å². The Kier molecular flexibility index (Phi) is 5.02. The van der Waals surface area contributed by atoms with E-state index in [0.29, 0.717) is 17.3 Å². The Morgan fingerprint density at radius 2 is 1.88 bits per heavy atom. The first-order valence-electron chi connectivity index (χ1n) is 8.10. The zero-order chi connectivity index (χ0) is 18.1. The van der Waals surface area contributed by atoms with Gasteiger partial charge in [-0.3, -0.25) is 0 Å². The molecule has 5 heteroatoms. The first-order valence-corrected chi connectivity index (χ1v) is 8.48. The number of halogens is 3. The first kappa shape index (κ1) is 17.8. The molecule has 1 aromatic heterocycles. The molecule has 0 aliphatic carbocycles. The van der Waals surface area contributed by atoms with Crippen LogP contribution in [0.1, 0.15) is 35.2 Å². The number of nitrogens with zero attached hydrogens (tertiary/aromatic N) is 1. The fourth-order valence-corrected chi connectivity index (χ4v) is 3.06. The molecule has 0 saturated carbocycles. The summed E-state index contributed by atoms with van der Waals surface area (Å²) in [5, 5.41) is 4.67. The predicted molar refractivity (Wildman–Crippen MR) is 97.8 cm³/mol. The molecular weight excluding hydrogens is 342 g/mol. The molecule has 0 aliphatic heterocycles. The van der Waals surface area contributed by atoms with Gasteiger partial charge in [0.25, 0.3) is 0 Å². The van der Waals surface area contributed by atoms with Crippen molar-refractivity contribution in [2.45, 2.75) is 33.4 Å². The highest BCUT2D eigenvalue weighted by atomic mass is 35.5. The third-order valence-corrected chi connectivity index (χ3v) is 4.89. The number of rotatable bonds is 4. The van der Waals surface area contributed by atoms with Crippen molar-refractivity contribution in [1.82, 2.24) is 10.3 Å². The van der Waals surface area contributed by atoms with Crippen LogP contribution in [0.3, 0.4) is 0 Å². The van der Waals surface area contributed by atoms with Crippen LogP contribution in [-0.2, 0) is 6.54 Å². The molecule has 3 aromatic rings. The number of pyridine rings is 1. The minimum absolute atomic E-state index is 0.285. The van der Waals surface area contributed by atoms with Gasteiger partial charge in [-0.1, -0.05) is 29.8 Å². The molecule has 0 bridgehead atoms. The van der Waals surface area contributed by atoms with Crippen molar-refractivity contribution in [2.24, 2.45) is 0 Å². The van der Waals surface area contributed by atoms with Crippen LogP contribution in [0, 0.1) is 25.5 Å². The van der Waals surface area contributed by atoms with Crippen LogP contribution in [0.15, 0.2) is 36.4 Å². The lowest BCUT2D eigenvalue weighted by atomic mass is 10.0. The largest absolute Gasteiger partial charge is 0.306 e. The molecule has 0 aliphatic rings. The van der Waals surface area contributed by atoms with Gasteiger partial charge in [-0.2, -0.15) is 0 Å². The van der Waals surface area contributed by atoms with Crippen molar-refractivity contribution < 1.29 is 8.78 Å². The second kappa shape index (κ2) is 7.06. The molecule has 0 amide bonds. The van der Waals surface area contributed by atoms with Crippen molar-refractivity contribution in [3.8, 4) is 0 Å². The SMILES string of the molecule is Cc1ccc2cc(CN[C@@H](C)c3ccc(F)cc3F)c(Cl)nc2c1C. The molecule has 0 radical (unpaired) electrons. The number of hydrogen-bond donors (Lipinski definition) is 1. The smallest absolute Gasteiger partial charge is 0.134 e. The molecule has 1 N–H and O–H groups in total. The average molecular weight is 361 g/mol. The minimum Gasteiger partial charge on any atom is -0.306 e. The number of benzene rings is 2. The van der Waals surface area contributed by atoms with E-state index in [1.807, 2.05) is 32.9 Å². The van der Waals surface area contributed by atoms with E-state index >= 15 is 0 Å². The first-order chi connectivity index (χ1) is 11.9. The van der Waals surface area contributed by atoms with E-state index in [4.69, 9.17) is 11.6 Å². The summed E-state index contributed by atoms with van der Waals surface area (Å²) >= 11 is 6.33. The van der Waals surface area contributed by atoms with E-state index in [-0.39, 0.29) is 6.04 Å². The van der Waals surface area contributed by atoms with Crippen LogP contribution < -0.4 is 5.32 Å². The summed E-state index contributed by atoms with van der Waals surface area (Å²) in [7, 11) is 0. The molecule has 2 nitrogen and oxygen atoms in total. The Hall–Kier alpha value is -2.04. The van der Waals surface area contributed by atoms with Crippen LogP contribution in [0.4, 0.5) is 8.78 Å². The average Bonchev–Trinajstić information content (AvgIpc) is 2.57. The van der Waals surface area contributed by atoms with E-state index in [1.165, 1.54) is 17.7 Å². The zero-order valence-corrected chi connectivity index (χ0v) is 15.1. The molecule has 0 fully saturated rings. The summed E-state index contributed by atoms with van der Waals surface area (Å²) in [4.78, 5) is 4.52. The summed E-state index contributed by atoms with van der Waals surface area (Å²) in [6, 6.07) is 9.39. The fourth-order valence-electron chi connectivity index (χ4n) is 2.85. The second-order valence-electron chi connectivity index (χ2n) is 6.29. The van der Waals surface area contributed by atoms with Gasteiger partial charge in [-0.25, -0.2) is 13.8 Å². The van der Waals surface area contributed by atoms with Gasteiger partial charge in [-0.05, 0) is 44.0 Å². The van der Waals surface area contributed by atoms with Crippen molar-refractivity contribution in [2.75, 3.05) is 0 Å². The summed E-state index contributed by atoms with van der Waals surface area (Å²) in [6.07, 6.45) is 0. The predicted octanol–water partition coefficient (Wildman–Crippen LogP) is 5.63. The molecule has 3 rings (SSSR count). The Labute approximate surface area is 150 Å². The van der Waals surface area contributed by atoms with Gasteiger partial charge in [0, 0.05) is 35.2 Å². The quantitative estimate of drug-likeness (QED) is 0.609. The van der Waals surface area contributed by atoms with E-state index in [9.17, 15) is 8.78 Å². The number of aromatic nitrogens is 1. The Bertz CT molecular complexity index is 941. The number of nitrogens with one attached hydrogen (secondary N) is 1. The standard InChI is InChI=1S/C20H19ClF2N2/c1-11-4-5-14-8-15(20(21)25-19(14)12(11)2)10-24-13(3)17-7-6-16(22)9-18(17)23/h4-9,13,24H,10H2,1-3H3/t13-/m0/s1. The van der Waals surface area contributed by atoms with Crippen LogP contribution in [0.5, 0.6) is 0 Å². The Balaban J connectivity index is 1.83. The zero-order valence-electron chi connectivity index (χ0n) is 14.3. The molecule has 25 heavy (non-hydrogen) atoms. The maximum absolute atomic E-state index is 13.9. The van der Waals surface area contributed by atoms with Crippen LogP contribution in [0.2, 0.25) is 5.15 Å². The fraction of sp³-hybridized carbons (Fsp3) is 0.250. The third-order valence-electron chi connectivity index (χ3n) is 4.57. The minimum atomic E-state index is -0.583. The highest BCUT2D eigenvalue weighted by Crippen LogP contribution is 2.26. The number of hydrogen-bond acceptors (Lipinski definition) is 2. The molecule has 0 unspecified atom stereocenters. The molecular formula is C20H19ClF2N2. The number of aryl methyl sites for hydroxylation is 2. The van der Waals surface area contributed by atoms with Gasteiger partial charge in [-0.15, -0.1) is 0 Å².